The first-order valence-corrected chi connectivity index (χ1v) is 10.5. The Balaban J connectivity index is 1.56. The van der Waals surface area contributed by atoms with E-state index in [4.69, 9.17) is 14.2 Å². The summed E-state index contributed by atoms with van der Waals surface area (Å²) in [5, 5.41) is 12.1. The lowest BCUT2D eigenvalue weighted by Crippen LogP contribution is -2.31. The molecule has 0 aromatic heterocycles. The molecule has 0 fully saturated rings. The number of hydrogen-bond donors (Lipinski definition) is 2. The van der Waals surface area contributed by atoms with Crippen molar-refractivity contribution in [1.82, 2.24) is 10.2 Å². The maximum absolute atomic E-state index is 12.3. The van der Waals surface area contributed by atoms with Crippen LogP contribution in [0.5, 0.6) is 5.75 Å². The van der Waals surface area contributed by atoms with Crippen LogP contribution in [0.4, 0.5) is 0 Å². The van der Waals surface area contributed by atoms with Crippen molar-refractivity contribution in [2.45, 2.75) is 32.7 Å². The summed E-state index contributed by atoms with van der Waals surface area (Å²) >= 11 is 0. The van der Waals surface area contributed by atoms with Gasteiger partial charge in [-0.3, -0.25) is 10.1 Å². The molecule has 2 aromatic rings. The van der Waals surface area contributed by atoms with E-state index in [2.05, 4.69) is 36.5 Å². The third kappa shape index (κ3) is 9.93. The van der Waals surface area contributed by atoms with Crippen molar-refractivity contribution in [3.8, 4) is 5.75 Å². The van der Waals surface area contributed by atoms with Gasteiger partial charge < -0.3 is 24.2 Å². The van der Waals surface area contributed by atoms with Crippen molar-refractivity contribution in [2.75, 3.05) is 40.5 Å². The average molecular weight is 431 g/mol. The molecule has 2 N–H and O–H groups in total. The van der Waals surface area contributed by atoms with Gasteiger partial charge in [0.25, 0.3) is 0 Å². The summed E-state index contributed by atoms with van der Waals surface area (Å²) in [4.78, 5) is 14.0. The quantitative estimate of drug-likeness (QED) is 0.354. The Morgan fingerprint density at radius 2 is 1.65 bits per heavy atom. The third-order valence-electron chi connectivity index (χ3n) is 4.73. The molecule has 7 nitrogen and oxygen atoms in total. The van der Waals surface area contributed by atoms with E-state index in [9.17, 15) is 9.90 Å². The number of amides is 1. The van der Waals surface area contributed by atoms with Crippen LogP contribution in [-0.2, 0) is 27.4 Å². The molecule has 1 atom stereocenters. The summed E-state index contributed by atoms with van der Waals surface area (Å²) in [5.74, 6) is 0.697. The summed E-state index contributed by atoms with van der Waals surface area (Å²) in [6.45, 7) is 4.64. The molecular weight excluding hydrogens is 396 g/mol. The number of aliphatic hydroxyl groups is 1. The number of aliphatic hydroxyl groups excluding tert-OH is 1. The molecule has 0 saturated carbocycles. The molecule has 7 heteroatoms. The molecule has 0 bridgehead atoms. The van der Waals surface area contributed by atoms with E-state index in [1.165, 1.54) is 5.56 Å². The lowest BCUT2D eigenvalue weighted by molar-refractivity contribution is -0.131. The number of ether oxygens (including phenoxy) is 3. The molecule has 0 aliphatic rings. The van der Waals surface area contributed by atoms with Crippen molar-refractivity contribution in [3.63, 3.8) is 0 Å². The fourth-order valence-corrected chi connectivity index (χ4v) is 2.76. The van der Waals surface area contributed by atoms with E-state index in [1.807, 2.05) is 24.3 Å². The van der Waals surface area contributed by atoms with Gasteiger partial charge in [0.05, 0.1) is 32.8 Å². The second kappa shape index (κ2) is 13.8. The van der Waals surface area contributed by atoms with Crippen LogP contribution in [-0.4, -0.2) is 62.7 Å². The summed E-state index contributed by atoms with van der Waals surface area (Å²) in [6, 6.07) is 15.7. The van der Waals surface area contributed by atoms with E-state index < -0.39 is 6.23 Å². The molecule has 0 radical (unpaired) electrons. The summed E-state index contributed by atoms with van der Waals surface area (Å²) in [7, 11) is 3.44. The standard InChI is InChI=1S/C24H34N2O5/c1-19-4-6-21(7-5-19)17-30-15-14-29-13-12-24(28)26(3)16-20-8-10-22(11-9-20)31-18-23(27)25-2/h4-11,23,25,27H,12-18H2,1-3H3. The van der Waals surface area contributed by atoms with Crippen LogP contribution in [0.1, 0.15) is 23.1 Å². The lowest BCUT2D eigenvalue weighted by atomic mass is 10.2. The highest BCUT2D eigenvalue weighted by Crippen LogP contribution is 2.14. The number of hydrogen-bond acceptors (Lipinski definition) is 6. The van der Waals surface area contributed by atoms with Crippen LogP contribution in [0, 0.1) is 6.92 Å². The highest BCUT2D eigenvalue weighted by atomic mass is 16.5. The van der Waals surface area contributed by atoms with Crippen LogP contribution in [0.3, 0.4) is 0 Å². The molecule has 2 rings (SSSR count). The number of nitrogens with one attached hydrogen (secondary N) is 1. The maximum atomic E-state index is 12.3. The van der Waals surface area contributed by atoms with Gasteiger partial charge in [0.15, 0.2) is 0 Å². The minimum absolute atomic E-state index is 0.0260. The predicted molar refractivity (Wildman–Crippen MR) is 120 cm³/mol. The fourth-order valence-electron chi connectivity index (χ4n) is 2.76. The summed E-state index contributed by atoms with van der Waals surface area (Å²) in [6.07, 6.45) is -0.372. The number of carbonyl (C=O) groups is 1. The molecular formula is C24H34N2O5. The van der Waals surface area contributed by atoms with Gasteiger partial charge in [0, 0.05) is 13.6 Å². The molecule has 31 heavy (non-hydrogen) atoms. The summed E-state index contributed by atoms with van der Waals surface area (Å²) < 4.78 is 16.6. The molecule has 0 saturated heterocycles. The van der Waals surface area contributed by atoms with Crippen molar-refractivity contribution >= 4 is 5.91 Å². The normalized spacial score (nSPS) is 11.9. The lowest BCUT2D eigenvalue weighted by Gasteiger charge is -2.18. The second-order valence-electron chi connectivity index (χ2n) is 7.41. The third-order valence-corrected chi connectivity index (χ3v) is 4.73. The van der Waals surface area contributed by atoms with Gasteiger partial charge in [-0.2, -0.15) is 0 Å². The number of carbonyl (C=O) groups excluding carboxylic acids is 1. The Labute approximate surface area is 184 Å². The number of aryl methyl sites for hydroxylation is 1. The van der Waals surface area contributed by atoms with Crippen LogP contribution >= 0.6 is 0 Å². The SMILES string of the molecule is CNC(O)COc1ccc(CN(C)C(=O)CCOCCOCc2ccc(C)cc2)cc1. The topological polar surface area (TPSA) is 80.3 Å². The van der Waals surface area contributed by atoms with E-state index in [0.29, 0.717) is 45.1 Å². The van der Waals surface area contributed by atoms with Crippen LogP contribution in [0.2, 0.25) is 0 Å². The Morgan fingerprint density at radius 3 is 2.32 bits per heavy atom. The zero-order chi connectivity index (χ0) is 22.5. The van der Waals surface area contributed by atoms with Crippen LogP contribution < -0.4 is 10.1 Å². The first-order chi connectivity index (χ1) is 15.0. The average Bonchev–Trinajstić information content (AvgIpc) is 2.78. The van der Waals surface area contributed by atoms with Crippen molar-refractivity contribution < 1.29 is 24.1 Å². The van der Waals surface area contributed by atoms with Crippen LogP contribution in [0.25, 0.3) is 0 Å². The minimum atomic E-state index is -0.703. The molecule has 1 amide bonds. The fraction of sp³-hybridized carbons (Fsp3) is 0.458. The largest absolute Gasteiger partial charge is 0.489 e. The van der Waals surface area contributed by atoms with Gasteiger partial charge in [0.2, 0.25) is 5.91 Å². The zero-order valence-corrected chi connectivity index (χ0v) is 18.7. The number of rotatable bonds is 14. The second-order valence-corrected chi connectivity index (χ2v) is 7.41. The Bertz CT molecular complexity index is 765. The van der Waals surface area contributed by atoms with Gasteiger partial charge in [-0.25, -0.2) is 0 Å². The Hall–Kier alpha value is -2.45. The summed E-state index contributed by atoms with van der Waals surface area (Å²) in [5.41, 5.74) is 3.37. The number of nitrogens with zero attached hydrogens (tertiary/aromatic N) is 1. The van der Waals surface area contributed by atoms with Gasteiger partial charge in [0.1, 0.15) is 18.6 Å². The Morgan fingerprint density at radius 1 is 1.00 bits per heavy atom. The Kier molecular flexibility index (Phi) is 11.0. The maximum Gasteiger partial charge on any atom is 0.224 e. The minimum Gasteiger partial charge on any atom is -0.489 e. The van der Waals surface area contributed by atoms with Crippen LogP contribution in [0.15, 0.2) is 48.5 Å². The molecule has 0 heterocycles. The van der Waals surface area contributed by atoms with Gasteiger partial charge in [-0.05, 0) is 37.2 Å². The van der Waals surface area contributed by atoms with Gasteiger partial charge in [-0.1, -0.05) is 42.0 Å². The highest BCUT2D eigenvalue weighted by molar-refractivity contribution is 5.75. The van der Waals surface area contributed by atoms with E-state index >= 15 is 0 Å². The molecule has 170 valence electrons. The molecule has 2 aromatic carbocycles. The van der Waals surface area contributed by atoms with E-state index in [1.54, 1.807) is 19.0 Å². The first kappa shape index (κ1) is 24.8. The molecule has 0 aliphatic carbocycles. The molecule has 1 unspecified atom stereocenters. The highest BCUT2D eigenvalue weighted by Gasteiger charge is 2.09. The smallest absolute Gasteiger partial charge is 0.224 e. The van der Waals surface area contributed by atoms with Crippen molar-refractivity contribution in [3.05, 3.63) is 65.2 Å². The monoisotopic (exact) mass is 430 g/mol. The van der Waals surface area contributed by atoms with Gasteiger partial charge in [-0.15, -0.1) is 0 Å². The molecule has 0 spiro atoms. The molecule has 0 aliphatic heterocycles. The van der Waals surface area contributed by atoms with E-state index in [-0.39, 0.29) is 12.5 Å². The van der Waals surface area contributed by atoms with Crippen molar-refractivity contribution in [2.24, 2.45) is 0 Å². The van der Waals surface area contributed by atoms with Crippen molar-refractivity contribution in [1.29, 1.82) is 0 Å². The first-order valence-electron chi connectivity index (χ1n) is 10.5. The number of benzene rings is 2. The number of likely N-dealkylation sites (N-methyl/N-ethyl adjacent to an activating group) is 1. The predicted octanol–water partition coefficient (Wildman–Crippen LogP) is 2.49. The zero-order valence-electron chi connectivity index (χ0n) is 18.7. The van der Waals surface area contributed by atoms with E-state index in [0.717, 1.165) is 11.1 Å². The van der Waals surface area contributed by atoms with Gasteiger partial charge >= 0.3 is 0 Å².